The first kappa shape index (κ1) is 16.5. The van der Waals surface area contributed by atoms with Crippen LogP contribution >= 0.6 is 0 Å². The van der Waals surface area contributed by atoms with Crippen LogP contribution in [0.25, 0.3) is 11.6 Å². The van der Waals surface area contributed by atoms with Crippen LogP contribution in [-0.4, -0.2) is 11.0 Å². The highest BCUT2D eigenvalue weighted by molar-refractivity contribution is 5.93. The number of amides is 2. The number of aromatic nitrogens is 1. The maximum Gasteiger partial charge on any atom is 0.317 e. The van der Waals surface area contributed by atoms with E-state index in [4.69, 9.17) is 5.73 Å². The SMILES string of the molecule is Cc1ccccc1C(=Cc1ccnc(NC(N)=O)c1)c1ccccc1. The molecule has 0 radical (unpaired) electrons. The Morgan fingerprint density at radius 3 is 2.48 bits per heavy atom. The average Bonchev–Trinajstić information content (AvgIpc) is 2.61. The summed E-state index contributed by atoms with van der Waals surface area (Å²) in [6.07, 6.45) is 3.74. The molecule has 0 saturated heterocycles. The van der Waals surface area contributed by atoms with Crippen LogP contribution in [0, 0.1) is 6.92 Å². The summed E-state index contributed by atoms with van der Waals surface area (Å²) in [5.41, 5.74) is 10.7. The third-order valence-electron chi connectivity index (χ3n) is 3.87. The van der Waals surface area contributed by atoms with Crippen LogP contribution in [0.4, 0.5) is 10.6 Å². The third kappa shape index (κ3) is 4.12. The van der Waals surface area contributed by atoms with Crippen molar-refractivity contribution in [1.29, 1.82) is 0 Å². The maximum atomic E-state index is 11.0. The van der Waals surface area contributed by atoms with Crippen LogP contribution in [0.2, 0.25) is 0 Å². The topological polar surface area (TPSA) is 68.0 Å². The number of nitrogens with zero attached hydrogens (tertiary/aromatic N) is 1. The number of hydrogen-bond acceptors (Lipinski definition) is 2. The quantitative estimate of drug-likeness (QED) is 0.741. The number of nitrogens with one attached hydrogen (secondary N) is 1. The van der Waals surface area contributed by atoms with Gasteiger partial charge >= 0.3 is 6.03 Å². The Morgan fingerprint density at radius 2 is 1.76 bits per heavy atom. The largest absolute Gasteiger partial charge is 0.351 e. The Morgan fingerprint density at radius 1 is 1.04 bits per heavy atom. The van der Waals surface area contributed by atoms with E-state index >= 15 is 0 Å². The van der Waals surface area contributed by atoms with Crippen LogP contribution < -0.4 is 11.1 Å². The fourth-order valence-electron chi connectivity index (χ4n) is 2.71. The molecule has 0 spiro atoms. The second kappa shape index (κ2) is 7.45. The first-order valence-corrected chi connectivity index (χ1v) is 7.99. The predicted molar refractivity (Wildman–Crippen MR) is 102 cm³/mol. The summed E-state index contributed by atoms with van der Waals surface area (Å²) in [6.45, 7) is 2.10. The number of pyridine rings is 1. The molecule has 0 aliphatic rings. The molecule has 3 N–H and O–H groups in total. The number of anilines is 1. The van der Waals surface area contributed by atoms with Gasteiger partial charge in [-0.1, -0.05) is 54.6 Å². The van der Waals surface area contributed by atoms with Crippen LogP contribution in [-0.2, 0) is 0 Å². The molecule has 0 aliphatic heterocycles. The van der Waals surface area contributed by atoms with Gasteiger partial charge in [0.2, 0.25) is 0 Å². The molecule has 0 saturated carbocycles. The molecule has 3 rings (SSSR count). The number of primary amides is 1. The molecule has 0 unspecified atom stereocenters. The van der Waals surface area contributed by atoms with E-state index in [2.05, 4.69) is 47.6 Å². The lowest BCUT2D eigenvalue weighted by molar-refractivity contribution is 0.259. The number of benzene rings is 2. The summed E-state index contributed by atoms with van der Waals surface area (Å²) in [5.74, 6) is 0.429. The summed E-state index contributed by atoms with van der Waals surface area (Å²) in [7, 11) is 0. The molecule has 2 amide bonds. The molecule has 0 fully saturated rings. The van der Waals surface area contributed by atoms with Crippen molar-refractivity contribution in [2.75, 3.05) is 5.32 Å². The molecular formula is C21H19N3O. The van der Waals surface area contributed by atoms with E-state index in [9.17, 15) is 4.79 Å². The molecular weight excluding hydrogens is 310 g/mol. The van der Waals surface area contributed by atoms with Crippen LogP contribution in [0.1, 0.15) is 22.3 Å². The first-order valence-electron chi connectivity index (χ1n) is 7.99. The van der Waals surface area contributed by atoms with Gasteiger partial charge in [-0.25, -0.2) is 9.78 Å². The van der Waals surface area contributed by atoms with Crippen molar-refractivity contribution < 1.29 is 4.79 Å². The Hall–Kier alpha value is -3.40. The van der Waals surface area contributed by atoms with E-state index in [1.54, 1.807) is 12.3 Å². The van der Waals surface area contributed by atoms with Gasteiger partial charge in [0.1, 0.15) is 5.82 Å². The van der Waals surface area contributed by atoms with Gasteiger partial charge in [0.25, 0.3) is 0 Å². The molecule has 0 aliphatic carbocycles. The summed E-state index contributed by atoms with van der Waals surface area (Å²) in [5, 5.41) is 2.51. The lowest BCUT2D eigenvalue weighted by Crippen LogP contribution is -2.19. The summed E-state index contributed by atoms with van der Waals surface area (Å²) in [4.78, 5) is 15.2. The molecule has 124 valence electrons. The van der Waals surface area contributed by atoms with Gasteiger partial charge in [0.15, 0.2) is 0 Å². The highest BCUT2D eigenvalue weighted by atomic mass is 16.2. The number of urea groups is 1. The molecule has 25 heavy (non-hydrogen) atoms. The minimum atomic E-state index is -0.629. The van der Waals surface area contributed by atoms with Crippen molar-refractivity contribution in [3.63, 3.8) is 0 Å². The Kier molecular flexibility index (Phi) is 4.90. The molecule has 2 aromatic carbocycles. The maximum absolute atomic E-state index is 11.0. The van der Waals surface area contributed by atoms with Crippen molar-refractivity contribution in [3.8, 4) is 0 Å². The van der Waals surface area contributed by atoms with Crippen molar-refractivity contribution in [3.05, 3.63) is 95.2 Å². The van der Waals surface area contributed by atoms with Gasteiger partial charge < -0.3 is 5.73 Å². The lowest BCUT2D eigenvalue weighted by atomic mass is 9.93. The smallest absolute Gasteiger partial charge is 0.317 e. The molecule has 0 bridgehead atoms. The third-order valence-corrected chi connectivity index (χ3v) is 3.87. The molecule has 4 nitrogen and oxygen atoms in total. The Labute approximate surface area is 147 Å². The predicted octanol–water partition coefficient (Wildman–Crippen LogP) is 4.47. The van der Waals surface area contributed by atoms with Crippen molar-refractivity contribution in [2.24, 2.45) is 5.73 Å². The van der Waals surface area contributed by atoms with Gasteiger partial charge in [-0.15, -0.1) is 0 Å². The number of rotatable bonds is 4. The second-order valence-electron chi connectivity index (χ2n) is 5.70. The Balaban J connectivity index is 2.11. The highest BCUT2D eigenvalue weighted by Gasteiger charge is 2.08. The summed E-state index contributed by atoms with van der Waals surface area (Å²) in [6, 6.07) is 21.5. The van der Waals surface area contributed by atoms with E-state index in [1.807, 2.05) is 36.4 Å². The normalized spacial score (nSPS) is 11.2. The number of hydrogen-bond donors (Lipinski definition) is 2. The number of nitrogens with two attached hydrogens (primary N) is 1. The van der Waals surface area contributed by atoms with Gasteiger partial charge in [-0.3, -0.25) is 5.32 Å². The zero-order valence-corrected chi connectivity index (χ0v) is 13.9. The minimum absolute atomic E-state index is 0.429. The van der Waals surface area contributed by atoms with Gasteiger partial charge in [0, 0.05) is 6.20 Å². The van der Waals surface area contributed by atoms with Crippen LogP contribution in [0.15, 0.2) is 72.9 Å². The van der Waals surface area contributed by atoms with Crippen molar-refractivity contribution in [1.82, 2.24) is 4.98 Å². The number of carbonyl (C=O) groups is 1. The second-order valence-corrected chi connectivity index (χ2v) is 5.70. The zero-order valence-electron chi connectivity index (χ0n) is 13.9. The highest BCUT2D eigenvalue weighted by Crippen LogP contribution is 2.28. The van der Waals surface area contributed by atoms with E-state index in [-0.39, 0.29) is 0 Å². The van der Waals surface area contributed by atoms with E-state index < -0.39 is 6.03 Å². The molecule has 0 atom stereocenters. The minimum Gasteiger partial charge on any atom is -0.351 e. The molecule has 4 heteroatoms. The Bertz CT molecular complexity index is 917. The first-order chi connectivity index (χ1) is 12.1. The van der Waals surface area contributed by atoms with E-state index in [1.165, 1.54) is 5.56 Å². The molecule has 3 aromatic rings. The fraction of sp³-hybridized carbons (Fsp3) is 0.0476. The van der Waals surface area contributed by atoms with Crippen LogP contribution in [0.3, 0.4) is 0 Å². The molecule has 1 heterocycles. The van der Waals surface area contributed by atoms with E-state index in [0.717, 1.165) is 22.3 Å². The van der Waals surface area contributed by atoms with E-state index in [0.29, 0.717) is 5.82 Å². The van der Waals surface area contributed by atoms with Crippen molar-refractivity contribution in [2.45, 2.75) is 6.92 Å². The van der Waals surface area contributed by atoms with Crippen molar-refractivity contribution >= 4 is 23.5 Å². The number of carbonyl (C=O) groups excluding carboxylic acids is 1. The molecule has 1 aromatic heterocycles. The zero-order chi connectivity index (χ0) is 17.6. The van der Waals surface area contributed by atoms with Gasteiger partial charge in [-0.2, -0.15) is 0 Å². The lowest BCUT2D eigenvalue weighted by Gasteiger charge is -2.12. The fourth-order valence-corrected chi connectivity index (χ4v) is 2.71. The summed E-state index contributed by atoms with van der Waals surface area (Å²) < 4.78 is 0. The standard InChI is InChI=1S/C21H19N3O/c1-15-7-5-6-10-18(15)19(17-8-3-2-4-9-17)13-16-11-12-23-20(14-16)24-21(22)25/h2-14H,1H3,(H3,22,23,24,25). The monoisotopic (exact) mass is 329 g/mol. The van der Waals surface area contributed by atoms with Crippen LogP contribution in [0.5, 0.6) is 0 Å². The summed E-state index contributed by atoms with van der Waals surface area (Å²) >= 11 is 0. The number of aryl methyl sites for hydroxylation is 1. The average molecular weight is 329 g/mol. The van der Waals surface area contributed by atoms with Gasteiger partial charge in [-0.05, 0) is 53.0 Å². The van der Waals surface area contributed by atoms with Gasteiger partial charge in [0.05, 0.1) is 0 Å².